The molecule has 0 radical (unpaired) electrons. The van der Waals surface area contributed by atoms with Crippen LogP contribution in [-0.4, -0.2) is 25.7 Å². The zero-order valence-electron chi connectivity index (χ0n) is 13.7. The summed E-state index contributed by atoms with van der Waals surface area (Å²) in [5.41, 5.74) is 9.08. The minimum Gasteiger partial charge on any atom is -0.423 e. The van der Waals surface area contributed by atoms with E-state index in [0.717, 1.165) is 37.0 Å². The predicted octanol–water partition coefficient (Wildman–Crippen LogP) is 3.23. The SMILES string of the molecule is Cn1nc(C(N)=O)c2c1-c1nc(Oc3ccc(I)cc3Br)ncc1CC2. The first kappa shape index (κ1) is 17.4. The first-order chi connectivity index (χ1) is 12.4. The van der Waals surface area contributed by atoms with E-state index in [1.54, 1.807) is 17.9 Å². The van der Waals surface area contributed by atoms with E-state index in [1.165, 1.54) is 0 Å². The van der Waals surface area contributed by atoms with Crippen LogP contribution in [0.1, 0.15) is 21.6 Å². The van der Waals surface area contributed by atoms with Gasteiger partial charge in [0.05, 0.1) is 15.9 Å². The molecule has 0 aliphatic heterocycles. The van der Waals surface area contributed by atoms with Crippen LogP contribution >= 0.6 is 38.5 Å². The third kappa shape index (κ3) is 2.98. The van der Waals surface area contributed by atoms with Crippen LogP contribution in [0.15, 0.2) is 28.9 Å². The second-order valence-electron chi connectivity index (χ2n) is 5.87. The number of benzene rings is 1. The van der Waals surface area contributed by atoms with E-state index in [4.69, 9.17) is 10.5 Å². The summed E-state index contributed by atoms with van der Waals surface area (Å²) >= 11 is 5.71. The molecule has 1 aliphatic carbocycles. The van der Waals surface area contributed by atoms with Crippen LogP contribution in [0.25, 0.3) is 11.4 Å². The summed E-state index contributed by atoms with van der Waals surface area (Å²) in [6, 6.07) is 5.99. The molecule has 3 aromatic rings. The summed E-state index contributed by atoms with van der Waals surface area (Å²) in [5, 5.41) is 4.26. The fourth-order valence-electron chi connectivity index (χ4n) is 3.04. The van der Waals surface area contributed by atoms with Gasteiger partial charge in [0.15, 0.2) is 5.69 Å². The molecule has 132 valence electrons. The van der Waals surface area contributed by atoms with Crippen molar-refractivity contribution in [1.29, 1.82) is 0 Å². The molecule has 1 aromatic carbocycles. The van der Waals surface area contributed by atoms with Crippen molar-refractivity contribution in [2.24, 2.45) is 12.8 Å². The number of fused-ring (bicyclic) bond motifs is 3. The maximum absolute atomic E-state index is 11.7. The molecular formula is C17H13BrIN5O2. The van der Waals surface area contributed by atoms with Gasteiger partial charge in [0.2, 0.25) is 0 Å². The fraction of sp³-hybridized carbons (Fsp3) is 0.176. The van der Waals surface area contributed by atoms with Gasteiger partial charge >= 0.3 is 6.01 Å². The first-order valence-electron chi connectivity index (χ1n) is 7.79. The average molecular weight is 526 g/mol. The summed E-state index contributed by atoms with van der Waals surface area (Å²) < 4.78 is 9.40. The van der Waals surface area contributed by atoms with E-state index in [1.807, 2.05) is 18.2 Å². The largest absolute Gasteiger partial charge is 0.423 e. The number of aromatic nitrogens is 4. The van der Waals surface area contributed by atoms with Gasteiger partial charge < -0.3 is 10.5 Å². The van der Waals surface area contributed by atoms with Crippen LogP contribution in [-0.2, 0) is 19.9 Å². The normalized spacial score (nSPS) is 12.4. The molecule has 0 bridgehead atoms. The zero-order chi connectivity index (χ0) is 18.4. The first-order valence-corrected chi connectivity index (χ1v) is 9.66. The van der Waals surface area contributed by atoms with Crippen LogP contribution in [0.2, 0.25) is 0 Å². The van der Waals surface area contributed by atoms with Crippen LogP contribution < -0.4 is 10.5 Å². The van der Waals surface area contributed by atoms with Crippen molar-refractivity contribution in [3.63, 3.8) is 0 Å². The molecule has 1 amide bonds. The number of nitrogens with zero attached hydrogens (tertiary/aromatic N) is 4. The van der Waals surface area contributed by atoms with Gasteiger partial charge in [-0.25, -0.2) is 4.98 Å². The molecule has 0 atom stereocenters. The van der Waals surface area contributed by atoms with E-state index in [-0.39, 0.29) is 6.01 Å². The number of primary amides is 1. The number of amides is 1. The molecular weight excluding hydrogens is 513 g/mol. The lowest BCUT2D eigenvalue weighted by Gasteiger charge is -2.17. The van der Waals surface area contributed by atoms with Crippen molar-refractivity contribution in [3.8, 4) is 23.1 Å². The van der Waals surface area contributed by atoms with Crippen molar-refractivity contribution in [2.45, 2.75) is 12.8 Å². The quantitative estimate of drug-likeness (QED) is 0.530. The standard InChI is InChI=1S/C17H13BrIN5O2/c1-24-15-10(14(23-24)16(20)25)4-2-8-7-21-17(22-13(8)15)26-12-5-3-9(19)6-11(12)18/h3,5-7H,2,4H2,1H3,(H2,20,25). The Bertz CT molecular complexity index is 1050. The highest BCUT2D eigenvalue weighted by molar-refractivity contribution is 14.1. The van der Waals surface area contributed by atoms with Gasteiger partial charge in [0, 0.05) is 22.4 Å². The van der Waals surface area contributed by atoms with Crippen LogP contribution in [0.3, 0.4) is 0 Å². The minimum atomic E-state index is -0.529. The lowest BCUT2D eigenvalue weighted by molar-refractivity contribution is 0.0994. The smallest absolute Gasteiger partial charge is 0.322 e. The Morgan fingerprint density at radius 2 is 2.19 bits per heavy atom. The number of nitrogens with two attached hydrogens (primary N) is 1. The predicted molar refractivity (Wildman–Crippen MR) is 107 cm³/mol. The van der Waals surface area contributed by atoms with Gasteiger partial charge in [-0.15, -0.1) is 0 Å². The summed E-state index contributed by atoms with van der Waals surface area (Å²) in [5.74, 6) is 0.0999. The molecule has 2 aromatic heterocycles. The Kier molecular flexibility index (Phi) is 4.43. The number of carbonyl (C=O) groups excluding carboxylic acids is 1. The molecule has 2 heterocycles. The zero-order valence-corrected chi connectivity index (χ0v) is 17.4. The van der Waals surface area contributed by atoms with E-state index in [0.29, 0.717) is 17.9 Å². The van der Waals surface area contributed by atoms with Gasteiger partial charge in [-0.1, -0.05) is 0 Å². The summed E-state index contributed by atoms with van der Waals surface area (Å²) in [4.78, 5) is 20.6. The summed E-state index contributed by atoms with van der Waals surface area (Å²) in [6.07, 6.45) is 3.17. The minimum absolute atomic E-state index is 0.236. The van der Waals surface area contributed by atoms with Crippen LogP contribution in [0.5, 0.6) is 11.8 Å². The maximum atomic E-state index is 11.7. The monoisotopic (exact) mass is 525 g/mol. The van der Waals surface area contributed by atoms with Crippen LogP contribution in [0.4, 0.5) is 0 Å². The molecule has 1 aliphatic rings. The molecule has 2 N–H and O–H groups in total. The van der Waals surface area contributed by atoms with Gasteiger partial charge in [-0.2, -0.15) is 10.1 Å². The lowest BCUT2D eigenvalue weighted by atomic mass is 9.93. The number of aryl methyl sites for hydroxylation is 2. The lowest BCUT2D eigenvalue weighted by Crippen LogP contribution is -2.15. The molecule has 0 spiro atoms. The highest BCUT2D eigenvalue weighted by Crippen LogP contribution is 2.35. The van der Waals surface area contributed by atoms with E-state index in [9.17, 15) is 4.79 Å². The molecule has 0 unspecified atom stereocenters. The third-order valence-electron chi connectivity index (χ3n) is 4.18. The molecule has 7 nitrogen and oxygen atoms in total. The molecule has 0 saturated heterocycles. The topological polar surface area (TPSA) is 95.9 Å². The fourth-order valence-corrected chi connectivity index (χ4v) is 4.42. The number of ether oxygens (including phenoxy) is 1. The molecule has 9 heteroatoms. The highest BCUT2D eigenvalue weighted by atomic mass is 127. The Hall–Kier alpha value is -2.01. The van der Waals surface area contributed by atoms with Gasteiger partial charge in [0.25, 0.3) is 5.91 Å². The Balaban J connectivity index is 1.77. The van der Waals surface area contributed by atoms with Crippen molar-refractivity contribution >= 4 is 44.4 Å². The highest BCUT2D eigenvalue weighted by Gasteiger charge is 2.28. The molecule has 4 rings (SSSR count). The van der Waals surface area contributed by atoms with Gasteiger partial charge in [0.1, 0.15) is 5.75 Å². The number of rotatable bonds is 3. The molecule has 0 saturated carbocycles. The Morgan fingerprint density at radius 1 is 1.38 bits per heavy atom. The van der Waals surface area contributed by atoms with Crippen molar-refractivity contribution in [2.75, 3.05) is 0 Å². The number of carbonyl (C=O) groups is 1. The van der Waals surface area contributed by atoms with Gasteiger partial charge in [-0.3, -0.25) is 9.48 Å². The number of halogens is 2. The third-order valence-corrected chi connectivity index (χ3v) is 5.48. The summed E-state index contributed by atoms with van der Waals surface area (Å²) in [6.45, 7) is 0. The second-order valence-corrected chi connectivity index (χ2v) is 7.97. The van der Waals surface area contributed by atoms with Gasteiger partial charge in [-0.05, 0) is 75.1 Å². The van der Waals surface area contributed by atoms with E-state index < -0.39 is 5.91 Å². The number of hydrogen-bond acceptors (Lipinski definition) is 5. The van der Waals surface area contributed by atoms with Crippen molar-refractivity contribution in [3.05, 3.63) is 49.3 Å². The average Bonchev–Trinajstić information content (AvgIpc) is 2.95. The second kappa shape index (κ2) is 6.62. The van der Waals surface area contributed by atoms with E-state index in [2.05, 4.69) is 53.6 Å². The Labute approximate surface area is 171 Å². The van der Waals surface area contributed by atoms with E-state index >= 15 is 0 Å². The summed E-state index contributed by atoms with van der Waals surface area (Å²) in [7, 11) is 1.78. The molecule has 0 fully saturated rings. The molecule has 26 heavy (non-hydrogen) atoms. The number of hydrogen-bond donors (Lipinski definition) is 1. The van der Waals surface area contributed by atoms with Crippen LogP contribution in [0, 0.1) is 3.57 Å². The maximum Gasteiger partial charge on any atom is 0.322 e. The van der Waals surface area contributed by atoms with Crippen molar-refractivity contribution < 1.29 is 9.53 Å². The van der Waals surface area contributed by atoms with Crippen molar-refractivity contribution in [1.82, 2.24) is 19.7 Å². The Morgan fingerprint density at radius 3 is 2.92 bits per heavy atom.